The summed E-state index contributed by atoms with van der Waals surface area (Å²) in [6, 6.07) is 8.14. The van der Waals surface area contributed by atoms with Crippen LogP contribution in [0.1, 0.15) is 29.4 Å². The first-order valence-corrected chi connectivity index (χ1v) is 10.1. The molecule has 0 aliphatic carbocycles. The van der Waals surface area contributed by atoms with Gasteiger partial charge in [-0.2, -0.15) is 0 Å². The van der Waals surface area contributed by atoms with E-state index < -0.39 is 0 Å². The minimum atomic E-state index is 0.145. The monoisotopic (exact) mass is 398 g/mol. The van der Waals surface area contributed by atoms with Crippen LogP contribution in [0.2, 0.25) is 5.02 Å². The number of aromatic amines is 1. The Morgan fingerprint density at radius 1 is 1.25 bits per heavy atom. The van der Waals surface area contributed by atoms with Crippen LogP contribution in [-0.4, -0.2) is 41.5 Å². The number of nitrogens with zero attached hydrogens (tertiary/aromatic N) is 3. The number of hydrogen-bond donors (Lipinski definition) is 1. The van der Waals surface area contributed by atoms with Crippen LogP contribution in [0, 0.1) is 12.8 Å². The molecule has 0 amide bonds. The lowest BCUT2D eigenvalue weighted by Gasteiger charge is -2.38. The van der Waals surface area contributed by atoms with Crippen LogP contribution in [0.25, 0.3) is 10.9 Å². The number of hydrogen-bond acceptors (Lipinski definition) is 5. The van der Waals surface area contributed by atoms with Crippen LogP contribution >= 0.6 is 11.6 Å². The SMILES string of the molecule is Cc1ccnc(N2CCc3c([nH]c4ccc(Cl)cc34)[C@@H]2CC2COCOC2)n1. The number of ether oxygens (including phenoxy) is 2. The van der Waals surface area contributed by atoms with E-state index in [0.29, 0.717) is 12.7 Å². The molecule has 1 atom stereocenters. The molecule has 7 heteroatoms. The minimum absolute atomic E-state index is 0.145. The Morgan fingerprint density at radius 3 is 2.93 bits per heavy atom. The molecule has 146 valence electrons. The highest BCUT2D eigenvalue weighted by molar-refractivity contribution is 6.31. The number of nitrogens with one attached hydrogen (secondary N) is 1. The summed E-state index contributed by atoms with van der Waals surface area (Å²) in [6.45, 7) is 4.71. The quantitative estimate of drug-likeness (QED) is 0.721. The first-order valence-electron chi connectivity index (χ1n) is 9.71. The fraction of sp³-hybridized carbons (Fsp3) is 0.429. The predicted octanol–water partition coefficient (Wildman–Crippen LogP) is 4.03. The van der Waals surface area contributed by atoms with E-state index in [9.17, 15) is 0 Å². The zero-order valence-corrected chi connectivity index (χ0v) is 16.6. The number of aryl methyl sites for hydroxylation is 1. The number of benzene rings is 1. The topological polar surface area (TPSA) is 63.3 Å². The molecule has 2 aliphatic heterocycles. The van der Waals surface area contributed by atoms with Crippen molar-refractivity contribution < 1.29 is 9.47 Å². The molecule has 5 rings (SSSR count). The van der Waals surface area contributed by atoms with Crippen molar-refractivity contribution in [1.29, 1.82) is 0 Å². The summed E-state index contributed by atoms with van der Waals surface area (Å²) in [5.74, 6) is 1.12. The lowest BCUT2D eigenvalue weighted by atomic mass is 9.91. The molecular formula is C21H23ClN4O2. The zero-order valence-electron chi connectivity index (χ0n) is 15.8. The van der Waals surface area contributed by atoms with Gasteiger partial charge < -0.3 is 19.4 Å². The van der Waals surface area contributed by atoms with Crippen molar-refractivity contribution in [3.63, 3.8) is 0 Å². The van der Waals surface area contributed by atoms with Crippen LogP contribution in [-0.2, 0) is 15.9 Å². The van der Waals surface area contributed by atoms with Gasteiger partial charge in [-0.05, 0) is 49.6 Å². The molecule has 2 aromatic heterocycles. The number of aromatic nitrogens is 3. The number of anilines is 1. The van der Waals surface area contributed by atoms with Crippen LogP contribution < -0.4 is 4.90 Å². The van der Waals surface area contributed by atoms with Crippen LogP contribution in [0.5, 0.6) is 0 Å². The first kappa shape index (κ1) is 17.9. The normalized spacial score (nSPS) is 20.5. The van der Waals surface area contributed by atoms with Gasteiger partial charge in [0.05, 0.1) is 19.3 Å². The summed E-state index contributed by atoms with van der Waals surface area (Å²) < 4.78 is 11.1. The molecule has 28 heavy (non-hydrogen) atoms. The van der Waals surface area contributed by atoms with E-state index in [-0.39, 0.29) is 6.04 Å². The van der Waals surface area contributed by atoms with Crippen LogP contribution in [0.4, 0.5) is 5.95 Å². The van der Waals surface area contributed by atoms with Gasteiger partial charge in [0.2, 0.25) is 5.95 Å². The number of halogens is 1. The van der Waals surface area contributed by atoms with Gasteiger partial charge in [0.15, 0.2) is 0 Å². The van der Waals surface area contributed by atoms with Crippen molar-refractivity contribution in [2.45, 2.75) is 25.8 Å². The largest absolute Gasteiger partial charge is 0.356 e. The van der Waals surface area contributed by atoms with E-state index in [1.807, 2.05) is 25.3 Å². The molecule has 0 spiro atoms. The molecule has 4 heterocycles. The Labute approximate surface area is 168 Å². The maximum atomic E-state index is 6.27. The lowest BCUT2D eigenvalue weighted by molar-refractivity contribution is -0.128. The molecule has 2 aliphatic rings. The Morgan fingerprint density at radius 2 is 2.11 bits per heavy atom. The average molecular weight is 399 g/mol. The number of H-pyrrole nitrogens is 1. The van der Waals surface area contributed by atoms with E-state index in [0.717, 1.165) is 54.8 Å². The summed E-state index contributed by atoms with van der Waals surface area (Å²) >= 11 is 6.27. The third-order valence-corrected chi connectivity index (χ3v) is 5.92. The number of fused-ring (bicyclic) bond motifs is 3. The van der Waals surface area contributed by atoms with Crippen molar-refractivity contribution in [2.75, 3.05) is 31.5 Å². The standard InChI is InChI=1S/C21H23ClN4O2/c1-13-4-6-23-21(24-13)26-7-5-16-17-9-15(22)2-3-18(17)25-20(16)19(26)8-14-10-27-12-28-11-14/h2-4,6,9,14,19,25H,5,7-8,10-12H2,1H3/t19-/m0/s1. The van der Waals surface area contributed by atoms with Crippen molar-refractivity contribution in [3.05, 3.63) is 52.4 Å². The third kappa shape index (κ3) is 3.26. The highest BCUT2D eigenvalue weighted by Crippen LogP contribution is 2.40. The second-order valence-corrected chi connectivity index (χ2v) is 8.06. The van der Waals surface area contributed by atoms with E-state index in [1.54, 1.807) is 0 Å². The van der Waals surface area contributed by atoms with Gasteiger partial charge in [-0.3, -0.25) is 0 Å². The smallest absolute Gasteiger partial charge is 0.226 e. The molecule has 1 fully saturated rings. The molecular weight excluding hydrogens is 376 g/mol. The second-order valence-electron chi connectivity index (χ2n) is 7.63. The van der Waals surface area contributed by atoms with Gasteiger partial charge in [0.1, 0.15) is 6.79 Å². The fourth-order valence-corrected chi connectivity index (χ4v) is 4.56. The summed E-state index contributed by atoms with van der Waals surface area (Å²) in [5.41, 5.74) is 4.69. The molecule has 1 N–H and O–H groups in total. The summed E-state index contributed by atoms with van der Waals surface area (Å²) in [7, 11) is 0. The second kappa shape index (κ2) is 7.35. The van der Waals surface area contributed by atoms with E-state index in [4.69, 9.17) is 26.1 Å². The maximum Gasteiger partial charge on any atom is 0.226 e. The Kier molecular flexibility index (Phi) is 4.70. The van der Waals surface area contributed by atoms with E-state index in [1.165, 1.54) is 16.6 Å². The Balaban J connectivity index is 1.58. The highest BCUT2D eigenvalue weighted by Gasteiger charge is 2.34. The first-order chi connectivity index (χ1) is 13.7. The van der Waals surface area contributed by atoms with Crippen molar-refractivity contribution in [3.8, 4) is 0 Å². The third-order valence-electron chi connectivity index (χ3n) is 5.68. The Hall–Kier alpha value is -2.15. The molecule has 0 unspecified atom stereocenters. The summed E-state index contributed by atoms with van der Waals surface area (Å²) in [6.07, 6.45) is 3.69. The van der Waals surface area contributed by atoms with Crippen molar-refractivity contribution in [1.82, 2.24) is 15.0 Å². The van der Waals surface area contributed by atoms with Gasteiger partial charge >= 0.3 is 0 Å². The summed E-state index contributed by atoms with van der Waals surface area (Å²) in [4.78, 5) is 15.2. The van der Waals surface area contributed by atoms with Gasteiger partial charge in [-0.15, -0.1) is 0 Å². The summed E-state index contributed by atoms with van der Waals surface area (Å²) in [5, 5.41) is 1.98. The van der Waals surface area contributed by atoms with Crippen LogP contribution in [0.3, 0.4) is 0 Å². The lowest BCUT2D eigenvalue weighted by Crippen LogP contribution is -2.39. The zero-order chi connectivity index (χ0) is 19.1. The van der Waals surface area contributed by atoms with Crippen LogP contribution in [0.15, 0.2) is 30.5 Å². The molecule has 1 aromatic carbocycles. The molecule has 6 nitrogen and oxygen atoms in total. The molecule has 0 bridgehead atoms. The predicted molar refractivity (Wildman–Crippen MR) is 109 cm³/mol. The minimum Gasteiger partial charge on any atom is -0.356 e. The molecule has 3 aromatic rings. The van der Waals surface area contributed by atoms with Gasteiger partial charge in [0.25, 0.3) is 0 Å². The van der Waals surface area contributed by atoms with Crippen molar-refractivity contribution >= 4 is 28.5 Å². The molecule has 0 radical (unpaired) electrons. The molecule has 1 saturated heterocycles. The van der Waals surface area contributed by atoms with Gasteiger partial charge in [-0.25, -0.2) is 9.97 Å². The number of rotatable bonds is 3. The van der Waals surface area contributed by atoms with E-state index >= 15 is 0 Å². The van der Waals surface area contributed by atoms with E-state index in [2.05, 4.69) is 27.0 Å². The van der Waals surface area contributed by atoms with Gasteiger partial charge in [0, 0.05) is 46.0 Å². The highest BCUT2D eigenvalue weighted by atomic mass is 35.5. The van der Waals surface area contributed by atoms with Crippen molar-refractivity contribution in [2.24, 2.45) is 5.92 Å². The fourth-order valence-electron chi connectivity index (χ4n) is 4.39. The Bertz CT molecular complexity index is 999. The maximum absolute atomic E-state index is 6.27. The average Bonchev–Trinajstić information content (AvgIpc) is 3.07. The molecule has 0 saturated carbocycles. The van der Waals surface area contributed by atoms with Gasteiger partial charge in [-0.1, -0.05) is 11.6 Å².